The molecule has 5 rings (SSSR count). The molecule has 2 heterocycles. The van der Waals surface area contributed by atoms with Gasteiger partial charge in [0.05, 0.1) is 28.2 Å². The van der Waals surface area contributed by atoms with E-state index < -0.39 is 5.97 Å². The van der Waals surface area contributed by atoms with Gasteiger partial charge in [-0.1, -0.05) is 42.5 Å². The molecule has 0 aliphatic rings. The Morgan fingerprint density at radius 3 is 2.48 bits per heavy atom. The van der Waals surface area contributed by atoms with E-state index in [1.807, 2.05) is 48.5 Å². The van der Waals surface area contributed by atoms with Crippen LogP contribution in [-0.2, 0) is 0 Å². The minimum absolute atomic E-state index is 0.0934. The summed E-state index contributed by atoms with van der Waals surface area (Å²) in [5.41, 5.74) is 2.91. The van der Waals surface area contributed by atoms with Crippen LogP contribution in [0.5, 0.6) is 5.75 Å². The van der Waals surface area contributed by atoms with Gasteiger partial charge in [0, 0.05) is 6.07 Å². The first-order valence-electron chi connectivity index (χ1n) is 9.67. The second-order valence-electron chi connectivity index (χ2n) is 7.02. The highest BCUT2D eigenvalue weighted by atomic mass is 16.5. The number of carbonyl (C=O) groups is 1. The molecule has 2 aromatic heterocycles. The zero-order valence-electron chi connectivity index (χ0n) is 16.5. The van der Waals surface area contributed by atoms with Crippen LogP contribution in [0, 0.1) is 6.92 Å². The first-order chi connectivity index (χ1) is 15.1. The normalized spacial score (nSPS) is 11.0. The number of hydrogen-bond acceptors (Lipinski definition) is 6. The monoisotopic (exact) mass is 408 g/mol. The molecule has 0 aliphatic carbocycles. The molecule has 6 heteroatoms. The number of nitrogens with zero attached hydrogens (tertiary/aromatic N) is 2. The zero-order chi connectivity index (χ0) is 21.4. The van der Waals surface area contributed by atoms with Crippen LogP contribution in [0.3, 0.4) is 0 Å². The van der Waals surface area contributed by atoms with Gasteiger partial charge in [0.25, 0.3) is 0 Å². The molecule has 0 bridgehead atoms. The van der Waals surface area contributed by atoms with E-state index in [0.29, 0.717) is 33.3 Å². The molecule has 31 heavy (non-hydrogen) atoms. The van der Waals surface area contributed by atoms with E-state index >= 15 is 0 Å². The van der Waals surface area contributed by atoms with Crippen molar-refractivity contribution in [2.24, 2.45) is 0 Å². The van der Waals surface area contributed by atoms with Crippen molar-refractivity contribution in [3.8, 4) is 16.9 Å². The smallest absolute Gasteiger partial charge is 0.363 e. The Bertz CT molecular complexity index is 1510. The predicted molar refractivity (Wildman–Crippen MR) is 117 cm³/mol. The summed E-state index contributed by atoms with van der Waals surface area (Å²) >= 11 is 0. The summed E-state index contributed by atoms with van der Waals surface area (Å²) in [4.78, 5) is 34.1. The van der Waals surface area contributed by atoms with Gasteiger partial charge >= 0.3 is 5.97 Å². The maximum atomic E-state index is 13.0. The second kappa shape index (κ2) is 7.50. The maximum absolute atomic E-state index is 13.0. The average molecular weight is 408 g/mol. The molecule has 6 nitrogen and oxygen atoms in total. The Hall–Kier alpha value is -4.32. The lowest BCUT2D eigenvalue weighted by atomic mass is 10.0. The van der Waals surface area contributed by atoms with E-state index in [0.717, 1.165) is 5.56 Å². The van der Waals surface area contributed by atoms with Crippen molar-refractivity contribution in [2.75, 3.05) is 0 Å². The van der Waals surface area contributed by atoms with E-state index in [9.17, 15) is 9.59 Å². The third-order valence-corrected chi connectivity index (χ3v) is 4.97. The molecule has 150 valence electrons. The summed E-state index contributed by atoms with van der Waals surface area (Å²) in [6.07, 6.45) is 1.38. The van der Waals surface area contributed by atoms with Gasteiger partial charge in [-0.2, -0.15) is 0 Å². The highest BCUT2D eigenvalue weighted by Gasteiger charge is 2.16. The van der Waals surface area contributed by atoms with Crippen molar-refractivity contribution in [1.29, 1.82) is 0 Å². The standard InChI is InChI=1S/C25H16N2O4/c1-15-23(16-7-3-2-4-8-16)24(28)18-12-11-17(13-22(18)30-15)31-25(29)21-14-26-19-9-5-6-10-20(19)27-21/h2-14H,1H3. The summed E-state index contributed by atoms with van der Waals surface area (Å²) in [6.45, 7) is 1.74. The number of benzene rings is 3. The Morgan fingerprint density at radius 1 is 0.935 bits per heavy atom. The number of hydrogen-bond donors (Lipinski definition) is 0. The van der Waals surface area contributed by atoms with Crippen molar-refractivity contribution >= 4 is 28.0 Å². The van der Waals surface area contributed by atoms with E-state index in [1.165, 1.54) is 12.3 Å². The molecular weight excluding hydrogens is 392 g/mol. The average Bonchev–Trinajstić information content (AvgIpc) is 2.79. The van der Waals surface area contributed by atoms with E-state index in [2.05, 4.69) is 9.97 Å². The first-order valence-corrected chi connectivity index (χ1v) is 9.67. The minimum Gasteiger partial charge on any atom is -0.460 e. The SMILES string of the molecule is Cc1oc2cc(OC(=O)c3cnc4ccccc4n3)ccc2c(=O)c1-c1ccccc1. The van der Waals surface area contributed by atoms with E-state index in [1.54, 1.807) is 25.1 Å². The molecule has 3 aromatic carbocycles. The van der Waals surface area contributed by atoms with Gasteiger partial charge in [-0.25, -0.2) is 9.78 Å². The zero-order valence-corrected chi connectivity index (χ0v) is 16.5. The summed E-state index contributed by atoms with van der Waals surface area (Å²) in [5.74, 6) is 0.104. The molecule has 5 aromatic rings. The number of rotatable bonds is 3. The van der Waals surface area contributed by atoms with Gasteiger partial charge < -0.3 is 9.15 Å². The Labute approximate surface area is 176 Å². The van der Waals surface area contributed by atoms with Gasteiger partial charge in [-0.15, -0.1) is 0 Å². The predicted octanol–water partition coefficient (Wildman–Crippen LogP) is 4.93. The van der Waals surface area contributed by atoms with Crippen LogP contribution < -0.4 is 10.2 Å². The van der Waals surface area contributed by atoms with Crippen molar-refractivity contribution in [3.63, 3.8) is 0 Å². The molecule has 0 amide bonds. The lowest BCUT2D eigenvalue weighted by molar-refractivity contribution is 0.0728. The van der Waals surface area contributed by atoms with Gasteiger partial charge in [-0.05, 0) is 36.8 Å². The van der Waals surface area contributed by atoms with Gasteiger partial charge in [0.2, 0.25) is 5.43 Å². The number of carbonyl (C=O) groups excluding carboxylic acids is 1. The molecule has 0 spiro atoms. The fraction of sp³-hybridized carbons (Fsp3) is 0.0400. The van der Waals surface area contributed by atoms with Crippen molar-refractivity contribution in [1.82, 2.24) is 9.97 Å². The first kappa shape index (κ1) is 18.7. The Balaban J connectivity index is 1.49. The molecule has 0 N–H and O–H groups in total. The van der Waals surface area contributed by atoms with Crippen LogP contribution in [0.2, 0.25) is 0 Å². The highest BCUT2D eigenvalue weighted by Crippen LogP contribution is 2.26. The summed E-state index contributed by atoms with van der Waals surface area (Å²) in [6, 6.07) is 21.3. The van der Waals surface area contributed by atoms with Crippen LogP contribution in [0.4, 0.5) is 0 Å². The number of ether oxygens (including phenoxy) is 1. The minimum atomic E-state index is -0.641. The van der Waals surface area contributed by atoms with Crippen molar-refractivity contribution < 1.29 is 13.9 Å². The lowest BCUT2D eigenvalue weighted by Gasteiger charge is -2.09. The number of esters is 1. The Kier molecular flexibility index (Phi) is 4.52. The number of para-hydroxylation sites is 2. The molecule has 0 aliphatic heterocycles. The fourth-order valence-corrected chi connectivity index (χ4v) is 3.50. The van der Waals surface area contributed by atoms with Crippen LogP contribution in [-0.4, -0.2) is 15.9 Å². The topological polar surface area (TPSA) is 82.3 Å². The molecule has 0 radical (unpaired) electrons. The molecule has 0 saturated carbocycles. The second-order valence-corrected chi connectivity index (χ2v) is 7.02. The number of aryl methyl sites for hydroxylation is 1. The third-order valence-electron chi connectivity index (χ3n) is 4.97. The van der Waals surface area contributed by atoms with Crippen molar-refractivity contribution in [2.45, 2.75) is 6.92 Å². The number of fused-ring (bicyclic) bond motifs is 2. The molecule has 0 saturated heterocycles. The van der Waals surface area contributed by atoms with Crippen molar-refractivity contribution in [3.05, 3.63) is 101 Å². The maximum Gasteiger partial charge on any atom is 0.363 e. The lowest BCUT2D eigenvalue weighted by Crippen LogP contribution is -2.12. The van der Waals surface area contributed by atoms with E-state index in [4.69, 9.17) is 9.15 Å². The van der Waals surface area contributed by atoms with Gasteiger partial charge in [-0.3, -0.25) is 9.78 Å². The summed E-state index contributed by atoms with van der Waals surface area (Å²) < 4.78 is 11.3. The summed E-state index contributed by atoms with van der Waals surface area (Å²) in [7, 11) is 0. The molecule has 0 unspecified atom stereocenters. The molecular formula is C25H16N2O4. The Morgan fingerprint density at radius 2 is 1.68 bits per heavy atom. The molecule has 0 atom stereocenters. The fourth-order valence-electron chi connectivity index (χ4n) is 3.50. The van der Waals surface area contributed by atoms with Gasteiger partial charge in [0.1, 0.15) is 17.1 Å². The summed E-state index contributed by atoms with van der Waals surface area (Å²) in [5, 5.41) is 0.412. The quantitative estimate of drug-likeness (QED) is 0.311. The van der Waals surface area contributed by atoms with Gasteiger partial charge in [0.15, 0.2) is 5.69 Å². The largest absolute Gasteiger partial charge is 0.460 e. The van der Waals surface area contributed by atoms with E-state index in [-0.39, 0.29) is 16.9 Å². The number of aromatic nitrogens is 2. The van der Waals surface area contributed by atoms with Crippen LogP contribution >= 0.6 is 0 Å². The van der Waals surface area contributed by atoms with Crippen LogP contribution in [0.25, 0.3) is 33.1 Å². The van der Waals surface area contributed by atoms with Crippen LogP contribution in [0.1, 0.15) is 16.2 Å². The molecule has 0 fully saturated rings. The third kappa shape index (κ3) is 3.44. The van der Waals surface area contributed by atoms with Crippen LogP contribution in [0.15, 0.2) is 88.2 Å². The highest BCUT2D eigenvalue weighted by molar-refractivity contribution is 5.91.